The van der Waals surface area contributed by atoms with Crippen LogP contribution in [0.4, 0.5) is 11.4 Å². The molecule has 2 aromatic rings. The van der Waals surface area contributed by atoms with Crippen molar-refractivity contribution in [2.75, 3.05) is 43.6 Å². The van der Waals surface area contributed by atoms with Crippen LogP contribution in [0.2, 0.25) is 0 Å². The van der Waals surface area contributed by atoms with Gasteiger partial charge in [0.1, 0.15) is 17.5 Å². The zero-order valence-corrected chi connectivity index (χ0v) is 20.3. The minimum absolute atomic E-state index is 0.0622. The van der Waals surface area contributed by atoms with Gasteiger partial charge in [-0.05, 0) is 36.4 Å². The molecule has 2 aromatic carbocycles. The summed E-state index contributed by atoms with van der Waals surface area (Å²) in [5, 5.41) is 9.66. The van der Waals surface area contributed by atoms with Gasteiger partial charge in [-0.15, -0.1) is 0 Å². The van der Waals surface area contributed by atoms with Crippen LogP contribution in [-0.2, 0) is 19.6 Å². The summed E-state index contributed by atoms with van der Waals surface area (Å²) < 4.78 is 31.6. The first-order valence-corrected chi connectivity index (χ1v) is 12.1. The Morgan fingerprint density at radius 1 is 0.971 bits per heavy atom. The molecule has 0 N–H and O–H groups in total. The summed E-state index contributed by atoms with van der Waals surface area (Å²) in [4.78, 5) is 28.8. The number of carbonyl (C=O) groups excluding carboxylic acids is 2. The fraction of sp³-hybridized carbons (Fsp3) is 0.292. The van der Waals surface area contributed by atoms with Crippen molar-refractivity contribution in [2.24, 2.45) is 0 Å². The Bertz CT molecular complexity index is 1240. The molecule has 0 unspecified atom stereocenters. The minimum atomic E-state index is -3.65. The largest absolute Gasteiger partial charge is 0.454 e. The molecule has 1 aliphatic rings. The molecule has 178 valence electrons. The molecule has 9 nitrogen and oxygen atoms in total. The lowest BCUT2D eigenvalue weighted by Crippen LogP contribution is -2.30. The fourth-order valence-electron chi connectivity index (χ4n) is 3.82. The number of benzene rings is 2. The zero-order valence-electron chi connectivity index (χ0n) is 19.5. The van der Waals surface area contributed by atoms with Crippen LogP contribution in [-0.4, -0.2) is 58.3 Å². The molecule has 0 bridgehead atoms. The third kappa shape index (κ3) is 4.53. The summed E-state index contributed by atoms with van der Waals surface area (Å²) in [5.41, 5.74) is 1.66. The van der Waals surface area contributed by atoms with Gasteiger partial charge in [-0.1, -0.05) is 26.0 Å². The molecule has 10 heteroatoms. The van der Waals surface area contributed by atoms with Gasteiger partial charge in [-0.2, -0.15) is 9.57 Å². The van der Waals surface area contributed by atoms with Crippen molar-refractivity contribution in [2.45, 2.75) is 18.7 Å². The van der Waals surface area contributed by atoms with E-state index in [-0.39, 0.29) is 16.0 Å². The first-order valence-electron chi connectivity index (χ1n) is 10.7. The topological polar surface area (TPSA) is 111 Å². The predicted octanol–water partition coefficient (Wildman–Crippen LogP) is 2.76. The van der Waals surface area contributed by atoms with E-state index in [4.69, 9.17) is 4.74 Å². The average Bonchev–Trinajstić information content (AvgIpc) is 3.09. The highest BCUT2D eigenvalue weighted by Crippen LogP contribution is 2.40. The molecule has 0 radical (unpaired) electrons. The number of nitriles is 1. The van der Waals surface area contributed by atoms with E-state index in [0.717, 1.165) is 11.4 Å². The monoisotopic (exact) mass is 482 g/mol. The van der Waals surface area contributed by atoms with E-state index in [0.29, 0.717) is 18.9 Å². The Morgan fingerprint density at radius 2 is 1.50 bits per heavy atom. The number of ketones is 1. The second-order valence-corrected chi connectivity index (χ2v) is 9.47. The van der Waals surface area contributed by atoms with E-state index < -0.39 is 28.4 Å². The van der Waals surface area contributed by atoms with Crippen molar-refractivity contribution in [1.82, 2.24) is 4.31 Å². The van der Waals surface area contributed by atoms with Crippen LogP contribution in [0.3, 0.4) is 0 Å². The highest BCUT2D eigenvalue weighted by molar-refractivity contribution is 7.89. The molecule has 0 spiro atoms. The van der Waals surface area contributed by atoms with Crippen LogP contribution in [0.5, 0.6) is 0 Å². The van der Waals surface area contributed by atoms with E-state index in [9.17, 15) is 23.3 Å². The van der Waals surface area contributed by atoms with Crippen molar-refractivity contribution in [3.63, 3.8) is 0 Å². The molecule has 1 heterocycles. The number of sulfonamides is 1. The van der Waals surface area contributed by atoms with Gasteiger partial charge in [-0.25, -0.2) is 13.2 Å². The molecule has 0 aromatic heterocycles. The molecule has 3 rings (SSSR count). The summed E-state index contributed by atoms with van der Waals surface area (Å²) in [5.74, 6) is -1.03. The number of carbonyl (C=O) groups is 2. The van der Waals surface area contributed by atoms with Gasteiger partial charge < -0.3 is 14.5 Å². The number of esters is 1. The Morgan fingerprint density at radius 3 is 1.97 bits per heavy atom. The molecule has 0 atom stereocenters. The summed E-state index contributed by atoms with van der Waals surface area (Å²) in [6.45, 7) is 3.53. The van der Waals surface area contributed by atoms with Crippen molar-refractivity contribution >= 4 is 33.2 Å². The Labute approximate surface area is 199 Å². The Hall–Kier alpha value is -3.68. The molecular formula is C24H26N4O5S. The third-order valence-corrected chi connectivity index (χ3v) is 7.69. The van der Waals surface area contributed by atoms with E-state index in [2.05, 4.69) is 0 Å². The quantitative estimate of drug-likeness (QED) is 0.321. The van der Waals surface area contributed by atoms with Crippen molar-refractivity contribution in [3.8, 4) is 6.07 Å². The summed E-state index contributed by atoms with van der Waals surface area (Å²) in [6, 6.07) is 14.7. The first kappa shape index (κ1) is 25.0. The van der Waals surface area contributed by atoms with Crippen molar-refractivity contribution in [3.05, 3.63) is 65.5 Å². The van der Waals surface area contributed by atoms with Gasteiger partial charge in [0.2, 0.25) is 15.8 Å². The molecule has 0 fully saturated rings. The lowest BCUT2D eigenvalue weighted by molar-refractivity contribution is -0.118. The normalized spacial score (nSPS) is 13.0. The van der Waals surface area contributed by atoms with Gasteiger partial charge in [0, 0.05) is 27.2 Å². The molecule has 0 saturated heterocycles. The van der Waals surface area contributed by atoms with Gasteiger partial charge in [-0.3, -0.25) is 4.79 Å². The molecule has 0 saturated carbocycles. The van der Waals surface area contributed by atoms with Gasteiger partial charge in [0.05, 0.1) is 21.8 Å². The summed E-state index contributed by atoms with van der Waals surface area (Å²) in [7, 11) is -0.147. The number of hydrogen-bond donors (Lipinski definition) is 0. The zero-order chi connectivity index (χ0) is 25.0. The molecular weight excluding hydrogens is 456 g/mol. The maximum Gasteiger partial charge on any atom is 0.338 e. The molecule has 1 aliphatic heterocycles. The van der Waals surface area contributed by atoms with E-state index in [1.165, 1.54) is 28.6 Å². The highest BCUT2D eigenvalue weighted by Gasteiger charge is 2.31. The van der Waals surface area contributed by atoms with Crippen molar-refractivity contribution < 1.29 is 22.7 Å². The number of para-hydroxylation sites is 2. The number of anilines is 2. The van der Waals surface area contributed by atoms with E-state index in [1.807, 2.05) is 30.3 Å². The third-order valence-electron chi connectivity index (χ3n) is 5.62. The summed E-state index contributed by atoms with van der Waals surface area (Å²) in [6.07, 6.45) is 0. The van der Waals surface area contributed by atoms with Crippen LogP contribution in [0.1, 0.15) is 24.2 Å². The number of Topliss-reactive ketones (excluding diaryl/α,β-unsaturated/α-hetero) is 1. The van der Waals surface area contributed by atoms with Gasteiger partial charge >= 0.3 is 5.97 Å². The standard InChI is InChI=1S/C24H26N4O5S/c1-5-28(6-2)34(31,32)18-13-11-17(12-14-18)24(30)33-16-22(29)19(15-25)23-26(3)20-9-7-8-10-21(20)27(23)4/h7-14H,5-6,16H2,1-4H3. The molecule has 0 amide bonds. The van der Waals surface area contributed by atoms with Crippen LogP contribution in [0.15, 0.2) is 64.8 Å². The second-order valence-electron chi connectivity index (χ2n) is 7.53. The SMILES string of the molecule is CCN(CC)S(=O)(=O)c1ccc(C(=O)OCC(=O)C(C#N)=C2N(C)c3ccccc3N2C)cc1. The number of nitrogens with zero attached hydrogens (tertiary/aromatic N) is 4. The number of fused-ring (bicyclic) bond motifs is 1. The van der Waals surface area contributed by atoms with E-state index >= 15 is 0 Å². The molecule has 34 heavy (non-hydrogen) atoms. The van der Waals surface area contributed by atoms with E-state index in [1.54, 1.807) is 37.7 Å². The van der Waals surface area contributed by atoms with Crippen LogP contribution in [0.25, 0.3) is 0 Å². The van der Waals surface area contributed by atoms with Gasteiger partial charge in [0.25, 0.3) is 0 Å². The van der Waals surface area contributed by atoms with Crippen LogP contribution >= 0.6 is 0 Å². The van der Waals surface area contributed by atoms with Gasteiger partial charge in [0.15, 0.2) is 6.61 Å². The summed E-state index contributed by atoms with van der Waals surface area (Å²) >= 11 is 0. The predicted molar refractivity (Wildman–Crippen MR) is 128 cm³/mol. The number of hydrogen-bond acceptors (Lipinski definition) is 8. The number of ether oxygens (including phenoxy) is 1. The Kier molecular flexibility index (Phi) is 7.39. The van der Waals surface area contributed by atoms with Crippen LogP contribution in [0, 0.1) is 11.3 Å². The maximum atomic E-state index is 12.8. The minimum Gasteiger partial charge on any atom is -0.454 e. The van der Waals surface area contributed by atoms with Crippen LogP contribution < -0.4 is 9.80 Å². The smallest absolute Gasteiger partial charge is 0.338 e. The highest BCUT2D eigenvalue weighted by atomic mass is 32.2. The lowest BCUT2D eigenvalue weighted by Gasteiger charge is -2.20. The molecule has 0 aliphatic carbocycles. The van der Waals surface area contributed by atoms with Crippen molar-refractivity contribution in [1.29, 1.82) is 5.26 Å². The number of rotatable bonds is 8. The second kappa shape index (κ2) is 10.1. The maximum absolute atomic E-state index is 12.8. The average molecular weight is 483 g/mol. The fourth-order valence-corrected chi connectivity index (χ4v) is 5.28. The lowest BCUT2D eigenvalue weighted by atomic mass is 10.2. The first-order chi connectivity index (χ1) is 16.2. The Balaban J connectivity index is 1.73.